The van der Waals surface area contributed by atoms with Crippen LogP contribution in [0, 0.1) is 24.0 Å². The summed E-state index contributed by atoms with van der Waals surface area (Å²) in [7, 11) is 1.55. The van der Waals surface area contributed by atoms with E-state index in [0.717, 1.165) is 16.5 Å². The van der Waals surface area contributed by atoms with Gasteiger partial charge in [-0.1, -0.05) is 18.2 Å². The number of carbonyl (C=O) groups excluding carboxylic acids is 1. The fourth-order valence-corrected chi connectivity index (χ4v) is 3.69. The first-order valence-corrected chi connectivity index (χ1v) is 10.4. The van der Waals surface area contributed by atoms with Gasteiger partial charge < -0.3 is 4.74 Å². The third kappa shape index (κ3) is 4.60. The highest BCUT2D eigenvalue weighted by Gasteiger charge is 2.22. The van der Waals surface area contributed by atoms with E-state index in [1.54, 1.807) is 43.8 Å². The first kappa shape index (κ1) is 22.6. The lowest BCUT2D eigenvalue weighted by Gasteiger charge is -2.10. The minimum Gasteiger partial charge on any atom is -0.496 e. The summed E-state index contributed by atoms with van der Waals surface area (Å²) in [6, 6.07) is 14.7. The molecule has 0 aliphatic rings. The summed E-state index contributed by atoms with van der Waals surface area (Å²) in [6.45, 7) is 3.54. The third-order valence-corrected chi connectivity index (χ3v) is 5.38. The third-order valence-electron chi connectivity index (χ3n) is 5.38. The summed E-state index contributed by atoms with van der Waals surface area (Å²) < 4.78 is 7.01. The van der Waals surface area contributed by atoms with Crippen molar-refractivity contribution >= 4 is 28.7 Å². The quantitative estimate of drug-likeness (QED) is 0.255. The fraction of sp³-hybridized carbons (Fsp3) is 0.167. The van der Waals surface area contributed by atoms with Crippen LogP contribution in [0.5, 0.6) is 5.75 Å². The van der Waals surface area contributed by atoms with Crippen LogP contribution in [0.3, 0.4) is 0 Å². The number of para-hydroxylation sites is 1. The number of ether oxygens (including phenoxy) is 1. The molecule has 2 aromatic carbocycles. The maximum absolute atomic E-state index is 12.5. The van der Waals surface area contributed by atoms with E-state index >= 15 is 0 Å². The van der Waals surface area contributed by atoms with E-state index in [4.69, 9.17) is 4.74 Å². The normalized spacial score (nSPS) is 11.1. The second-order valence-corrected chi connectivity index (χ2v) is 7.62. The summed E-state index contributed by atoms with van der Waals surface area (Å²) in [5.41, 5.74) is 6.00. The molecule has 0 saturated heterocycles. The molecule has 2 heterocycles. The molecule has 0 bridgehead atoms. The molecular weight excluding hydrogens is 436 g/mol. The van der Waals surface area contributed by atoms with Gasteiger partial charge in [0, 0.05) is 17.1 Å². The zero-order valence-electron chi connectivity index (χ0n) is 18.8. The minimum absolute atomic E-state index is 0.00239. The number of aromatic nitrogens is 3. The number of pyridine rings is 1. The number of aryl methyl sites for hydroxylation is 1. The predicted octanol–water partition coefficient (Wildman–Crippen LogP) is 3.78. The molecule has 0 saturated carbocycles. The van der Waals surface area contributed by atoms with Crippen molar-refractivity contribution in [3.8, 4) is 5.75 Å². The molecule has 1 amide bonds. The lowest BCUT2D eigenvalue weighted by Crippen LogP contribution is -2.17. The van der Waals surface area contributed by atoms with Crippen molar-refractivity contribution in [1.82, 2.24) is 20.2 Å². The number of carbonyl (C=O) groups is 1. The van der Waals surface area contributed by atoms with Gasteiger partial charge in [-0.25, -0.2) is 5.43 Å². The zero-order valence-corrected chi connectivity index (χ0v) is 18.8. The largest absolute Gasteiger partial charge is 0.496 e. The standard InChI is InChI=1S/C24H22N6O4/c1-15-23(30(32)33)16(2)29(28-15)14-20-10-17(8-9-22(20)34-3)12-26-27-24(31)19-11-18-6-4-5-7-21(18)25-13-19/h4-13H,14H2,1-3H3,(H,27,31). The Hall–Kier alpha value is -4.60. The SMILES string of the molecule is COc1ccc(C=NNC(=O)c2cnc3ccccc3c2)cc1Cn1nc(C)c([N+](=O)[O-])c1C. The number of methoxy groups -OCH3 is 1. The van der Waals surface area contributed by atoms with Crippen LogP contribution in [0.15, 0.2) is 59.8 Å². The lowest BCUT2D eigenvalue weighted by molar-refractivity contribution is -0.386. The van der Waals surface area contributed by atoms with E-state index in [2.05, 4.69) is 20.6 Å². The van der Waals surface area contributed by atoms with E-state index in [9.17, 15) is 14.9 Å². The molecule has 0 unspecified atom stereocenters. The number of fused-ring (bicyclic) bond motifs is 1. The molecule has 2 aromatic heterocycles. The average Bonchev–Trinajstić information content (AvgIpc) is 3.11. The topological polar surface area (TPSA) is 125 Å². The number of hydrazone groups is 1. The van der Waals surface area contributed by atoms with E-state index in [0.29, 0.717) is 28.3 Å². The smallest absolute Gasteiger partial charge is 0.312 e. The molecule has 4 aromatic rings. The Labute approximate surface area is 195 Å². The van der Waals surface area contributed by atoms with Crippen LogP contribution in [0.25, 0.3) is 10.9 Å². The molecular formula is C24H22N6O4. The predicted molar refractivity (Wildman–Crippen MR) is 127 cm³/mol. The van der Waals surface area contributed by atoms with Gasteiger partial charge in [-0.3, -0.25) is 24.6 Å². The van der Waals surface area contributed by atoms with E-state index in [1.807, 2.05) is 30.3 Å². The van der Waals surface area contributed by atoms with E-state index < -0.39 is 4.92 Å². The number of rotatable bonds is 7. The average molecular weight is 458 g/mol. The summed E-state index contributed by atoms with van der Waals surface area (Å²) >= 11 is 0. The highest BCUT2D eigenvalue weighted by molar-refractivity contribution is 5.97. The molecule has 0 spiro atoms. The van der Waals surface area contributed by atoms with Crippen LogP contribution < -0.4 is 10.2 Å². The molecule has 0 aliphatic heterocycles. The van der Waals surface area contributed by atoms with Gasteiger partial charge in [0.25, 0.3) is 5.91 Å². The number of hydrogen-bond donors (Lipinski definition) is 1. The van der Waals surface area contributed by atoms with Gasteiger partial charge in [-0.2, -0.15) is 10.2 Å². The summed E-state index contributed by atoms with van der Waals surface area (Å²) in [4.78, 5) is 27.6. The first-order valence-electron chi connectivity index (χ1n) is 10.4. The zero-order chi connectivity index (χ0) is 24.2. The molecule has 0 aliphatic carbocycles. The highest BCUT2D eigenvalue weighted by Crippen LogP contribution is 2.25. The van der Waals surface area contributed by atoms with Crippen LogP contribution in [0.2, 0.25) is 0 Å². The van der Waals surface area contributed by atoms with Crippen LogP contribution in [-0.2, 0) is 6.54 Å². The Balaban J connectivity index is 1.51. The number of benzene rings is 2. The maximum Gasteiger partial charge on any atom is 0.312 e. The Morgan fingerprint density at radius 1 is 1.24 bits per heavy atom. The van der Waals surface area contributed by atoms with Gasteiger partial charge in [-0.15, -0.1) is 0 Å². The minimum atomic E-state index is -0.428. The summed E-state index contributed by atoms with van der Waals surface area (Å²) in [6.07, 6.45) is 3.02. The molecule has 10 heteroatoms. The van der Waals surface area contributed by atoms with Crippen molar-refractivity contribution in [1.29, 1.82) is 0 Å². The number of nitrogens with one attached hydrogen (secondary N) is 1. The number of nitrogens with zero attached hydrogens (tertiary/aromatic N) is 5. The molecule has 172 valence electrons. The Morgan fingerprint density at radius 3 is 2.76 bits per heavy atom. The van der Waals surface area contributed by atoms with Crippen molar-refractivity contribution in [2.75, 3.05) is 7.11 Å². The fourth-order valence-electron chi connectivity index (χ4n) is 3.69. The molecule has 0 atom stereocenters. The van der Waals surface area contributed by atoms with Gasteiger partial charge in [0.1, 0.15) is 17.1 Å². The maximum atomic E-state index is 12.5. The van der Waals surface area contributed by atoms with Crippen LogP contribution in [0.4, 0.5) is 5.69 Å². The van der Waals surface area contributed by atoms with Crippen molar-refractivity contribution in [2.24, 2.45) is 5.10 Å². The summed E-state index contributed by atoms with van der Waals surface area (Å²) in [5.74, 6) is 0.233. The van der Waals surface area contributed by atoms with E-state index in [-0.39, 0.29) is 18.1 Å². The molecule has 10 nitrogen and oxygen atoms in total. The van der Waals surface area contributed by atoms with Gasteiger partial charge in [0.15, 0.2) is 0 Å². The van der Waals surface area contributed by atoms with Crippen molar-refractivity contribution in [3.05, 3.63) is 92.9 Å². The van der Waals surface area contributed by atoms with Gasteiger partial charge in [0.05, 0.1) is 35.9 Å². The molecule has 0 radical (unpaired) electrons. The van der Waals surface area contributed by atoms with Crippen LogP contribution >= 0.6 is 0 Å². The van der Waals surface area contributed by atoms with Crippen LogP contribution in [-0.4, -0.2) is 38.9 Å². The Kier molecular flexibility index (Phi) is 6.30. The highest BCUT2D eigenvalue weighted by atomic mass is 16.6. The van der Waals surface area contributed by atoms with Gasteiger partial charge in [-0.05, 0) is 49.7 Å². The monoisotopic (exact) mass is 458 g/mol. The molecule has 4 rings (SSSR count). The van der Waals surface area contributed by atoms with Crippen molar-refractivity contribution in [2.45, 2.75) is 20.4 Å². The Morgan fingerprint density at radius 2 is 2.03 bits per heavy atom. The molecule has 0 fully saturated rings. The van der Waals surface area contributed by atoms with Crippen molar-refractivity contribution in [3.63, 3.8) is 0 Å². The van der Waals surface area contributed by atoms with E-state index in [1.165, 1.54) is 12.4 Å². The molecule has 1 N–H and O–H groups in total. The summed E-state index contributed by atoms with van der Waals surface area (Å²) in [5, 5.41) is 20.5. The van der Waals surface area contributed by atoms with Gasteiger partial charge in [0.2, 0.25) is 0 Å². The Bertz CT molecular complexity index is 1430. The molecule has 34 heavy (non-hydrogen) atoms. The number of nitro groups is 1. The second kappa shape index (κ2) is 9.49. The lowest BCUT2D eigenvalue weighted by atomic mass is 10.1. The second-order valence-electron chi connectivity index (χ2n) is 7.62. The van der Waals surface area contributed by atoms with Crippen molar-refractivity contribution < 1.29 is 14.5 Å². The number of hydrogen-bond acceptors (Lipinski definition) is 7. The number of amides is 1. The first-order chi connectivity index (χ1) is 16.4. The van der Waals surface area contributed by atoms with Gasteiger partial charge >= 0.3 is 5.69 Å². The van der Waals surface area contributed by atoms with Crippen LogP contribution in [0.1, 0.15) is 32.9 Å².